The minimum Gasteiger partial charge on any atom is -0.497 e. The van der Waals surface area contributed by atoms with Gasteiger partial charge in [0.2, 0.25) is 0 Å². The summed E-state index contributed by atoms with van der Waals surface area (Å²) in [5, 5.41) is 3.34. The number of para-hydroxylation sites is 1. The number of hydrogen-bond donors (Lipinski definition) is 1. The minimum atomic E-state index is -0.253. The molecule has 1 heterocycles. The number of ether oxygens (including phenoxy) is 1. The molecule has 0 aliphatic carbocycles. The Morgan fingerprint density at radius 3 is 2.79 bits per heavy atom. The molecule has 0 radical (unpaired) electrons. The van der Waals surface area contributed by atoms with Crippen LogP contribution in [0.5, 0.6) is 5.75 Å². The summed E-state index contributed by atoms with van der Waals surface area (Å²) in [5.41, 5.74) is 0.970. The summed E-state index contributed by atoms with van der Waals surface area (Å²) in [6.07, 6.45) is 0. The lowest BCUT2D eigenvalue weighted by Gasteiger charge is -2.10. The third kappa shape index (κ3) is 2.99. The highest BCUT2D eigenvalue weighted by atomic mass is 16.5. The van der Waals surface area contributed by atoms with Crippen LogP contribution in [0.3, 0.4) is 0 Å². The Labute approximate surface area is 138 Å². The summed E-state index contributed by atoms with van der Waals surface area (Å²) in [6, 6.07) is 14.0. The number of hydrogen-bond acceptors (Lipinski definition) is 4. The van der Waals surface area contributed by atoms with E-state index in [1.807, 2.05) is 6.07 Å². The largest absolute Gasteiger partial charge is 0.497 e. The number of aromatic nitrogens is 2. The third-order valence-electron chi connectivity index (χ3n) is 3.81. The quantitative estimate of drug-likeness (QED) is 0.795. The lowest BCUT2D eigenvalue weighted by Crippen LogP contribution is -2.29. The van der Waals surface area contributed by atoms with Crippen molar-refractivity contribution in [3.05, 3.63) is 70.3 Å². The molecular formula is C18H17N3O3. The van der Waals surface area contributed by atoms with Gasteiger partial charge in [0.15, 0.2) is 0 Å². The second-order valence-corrected chi connectivity index (χ2v) is 5.32. The van der Waals surface area contributed by atoms with Crippen LogP contribution in [0.1, 0.15) is 16.2 Å². The summed E-state index contributed by atoms with van der Waals surface area (Å²) in [6.45, 7) is 0.159. The highest BCUT2D eigenvalue weighted by Gasteiger charge is 2.10. The summed E-state index contributed by atoms with van der Waals surface area (Å²) < 4.78 is 6.57. The molecule has 24 heavy (non-hydrogen) atoms. The van der Waals surface area contributed by atoms with Crippen LogP contribution < -0.4 is 15.6 Å². The molecule has 0 bridgehead atoms. The average molecular weight is 323 g/mol. The number of carbonyl (C=O) groups excluding carboxylic acids is 1. The van der Waals surface area contributed by atoms with Gasteiger partial charge in [-0.2, -0.15) is 0 Å². The van der Waals surface area contributed by atoms with Crippen LogP contribution in [0.4, 0.5) is 0 Å². The van der Waals surface area contributed by atoms with E-state index in [4.69, 9.17) is 4.74 Å². The summed E-state index contributed by atoms with van der Waals surface area (Å²) in [5.74, 6) is 0.852. The number of benzene rings is 2. The van der Waals surface area contributed by atoms with Crippen LogP contribution in [0.2, 0.25) is 0 Å². The van der Waals surface area contributed by atoms with E-state index in [1.54, 1.807) is 56.6 Å². The topological polar surface area (TPSA) is 73.2 Å². The van der Waals surface area contributed by atoms with Crippen LogP contribution in [0.15, 0.2) is 53.3 Å². The maximum atomic E-state index is 12.3. The fourth-order valence-corrected chi connectivity index (χ4v) is 2.45. The highest BCUT2D eigenvalue weighted by molar-refractivity contribution is 5.94. The Balaban J connectivity index is 1.84. The van der Waals surface area contributed by atoms with E-state index in [9.17, 15) is 9.59 Å². The zero-order valence-electron chi connectivity index (χ0n) is 13.4. The zero-order valence-corrected chi connectivity index (χ0v) is 13.4. The molecule has 1 N–H and O–H groups in total. The standard InChI is InChI=1S/C18H17N3O3/c1-21-16(20-15-9-4-3-8-14(15)18(21)23)11-19-17(22)12-6-5-7-13(10-12)24-2/h3-10H,11H2,1-2H3,(H,19,22). The van der Waals surface area contributed by atoms with Crippen molar-refractivity contribution in [3.63, 3.8) is 0 Å². The number of nitrogens with one attached hydrogen (secondary N) is 1. The molecule has 0 saturated heterocycles. The molecule has 0 fully saturated rings. The van der Waals surface area contributed by atoms with E-state index in [2.05, 4.69) is 10.3 Å². The maximum Gasteiger partial charge on any atom is 0.261 e. The first-order valence-electron chi connectivity index (χ1n) is 7.47. The normalized spacial score (nSPS) is 10.6. The van der Waals surface area contributed by atoms with Crippen LogP contribution in [0.25, 0.3) is 10.9 Å². The molecule has 122 valence electrons. The van der Waals surface area contributed by atoms with Crippen molar-refractivity contribution < 1.29 is 9.53 Å². The van der Waals surface area contributed by atoms with Gasteiger partial charge in [0.05, 0.1) is 24.6 Å². The summed E-state index contributed by atoms with van der Waals surface area (Å²) >= 11 is 0. The first-order valence-corrected chi connectivity index (χ1v) is 7.47. The predicted molar refractivity (Wildman–Crippen MR) is 91.1 cm³/mol. The number of carbonyl (C=O) groups is 1. The Morgan fingerprint density at radius 1 is 1.21 bits per heavy atom. The fraction of sp³-hybridized carbons (Fsp3) is 0.167. The summed E-state index contributed by atoms with van der Waals surface area (Å²) in [4.78, 5) is 29.1. The molecule has 1 aromatic heterocycles. The van der Waals surface area contributed by atoms with Gasteiger partial charge >= 0.3 is 0 Å². The van der Waals surface area contributed by atoms with E-state index in [-0.39, 0.29) is 18.0 Å². The van der Waals surface area contributed by atoms with Crippen molar-refractivity contribution in [2.75, 3.05) is 7.11 Å². The molecule has 3 rings (SSSR count). The molecule has 0 saturated carbocycles. The number of amides is 1. The summed E-state index contributed by atoms with van der Waals surface area (Å²) in [7, 11) is 3.20. The van der Waals surface area contributed by atoms with Gasteiger partial charge in [0, 0.05) is 12.6 Å². The van der Waals surface area contributed by atoms with E-state index >= 15 is 0 Å². The second-order valence-electron chi connectivity index (χ2n) is 5.32. The Hall–Kier alpha value is -3.15. The van der Waals surface area contributed by atoms with Crippen LogP contribution in [-0.4, -0.2) is 22.6 Å². The first-order chi connectivity index (χ1) is 11.6. The van der Waals surface area contributed by atoms with Crippen molar-refractivity contribution in [2.24, 2.45) is 7.05 Å². The van der Waals surface area contributed by atoms with E-state index in [0.29, 0.717) is 28.0 Å². The predicted octanol–water partition coefficient (Wildman–Crippen LogP) is 1.87. The first kappa shape index (κ1) is 15.7. The molecule has 6 heteroatoms. The molecule has 0 atom stereocenters. The number of fused-ring (bicyclic) bond motifs is 1. The SMILES string of the molecule is COc1cccc(C(=O)NCc2nc3ccccc3c(=O)n2C)c1. The number of rotatable bonds is 4. The average Bonchev–Trinajstić information content (AvgIpc) is 2.63. The van der Waals surface area contributed by atoms with Crippen molar-refractivity contribution >= 4 is 16.8 Å². The molecule has 0 aliphatic heterocycles. The molecule has 0 aliphatic rings. The molecule has 0 unspecified atom stereocenters. The van der Waals surface area contributed by atoms with Crippen LogP contribution in [-0.2, 0) is 13.6 Å². The van der Waals surface area contributed by atoms with Gasteiger partial charge in [-0.3, -0.25) is 14.2 Å². The third-order valence-corrected chi connectivity index (χ3v) is 3.81. The van der Waals surface area contributed by atoms with Gasteiger partial charge in [0.1, 0.15) is 11.6 Å². The smallest absolute Gasteiger partial charge is 0.261 e. The van der Waals surface area contributed by atoms with Crippen LogP contribution in [0, 0.1) is 0 Å². The van der Waals surface area contributed by atoms with Crippen molar-refractivity contribution in [2.45, 2.75) is 6.54 Å². The van der Waals surface area contributed by atoms with E-state index in [1.165, 1.54) is 4.57 Å². The van der Waals surface area contributed by atoms with Gasteiger partial charge in [-0.1, -0.05) is 18.2 Å². The lowest BCUT2D eigenvalue weighted by atomic mass is 10.2. The molecule has 2 aromatic carbocycles. The van der Waals surface area contributed by atoms with Crippen molar-refractivity contribution in [1.29, 1.82) is 0 Å². The van der Waals surface area contributed by atoms with E-state index in [0.717, 1.165) is 0 Å². The van der Waals surface area contributed by atoms with Gasteiger partial charge in [-0.15, -0.1) is 0 Å². The molecule has 1 amide bonds. The van der Waals surface area contributed by atoms with Gasteiger partial charge in [0.25, 0.3) is 11.5 Å². The van der Waals surface area contributed by atoms with Gasteiger partial charge in [-0.05, 0) is 30.3 Å². The van der Waals surface area contributed by atoms with Crippen LogP contribution >= 0.6 is 0 Å². The number of methoxy groups -OCH3 is 1. The maximum absolute atomic E-state index is 12.3. The molecule has 3 aromatic rings. The lowest BCUT2D eigenvalue weighted by molar-refractivity contribution is 0.0949. The van der Waals surface area contributed by atoms with E-state index < -0.39 is 0 Å². The fourth-order valence-electron chi connectivity index (χ4n) is 2.45. The monoisotopic (exact) mass is 323 g/mol. The molecule has 0 spiro atoms. The Kier molecular flexibility index (Phi) is 4.29. The Morgan fingerprint density at radius 2 is 2.00 bits per heavy atom. The molecular weight excluding hydrogens is 306 g/mol. The van der Waals surface area contributed by atoms with Gasteiger partial charge in [-0.25, -0.2) is 4.98 Å². The second kappa shape index (κ2) is 6.54. The Bertz CT molecular complexity index is 963. The zero-order chi connectivity index (χ0) is 17.1. The minimum absolute atomic E-state index is 0.133. The highest BCUT2D eigenvalue weighted by Crippen LogP contribution is 2.12. The van der Waals surface area contributed by atoms with Crippen molar-refractivity contribution in [1.82, 2.24) is 14.9 Å². The van der Waals surface area contributed by atoms with Gasteiger partial charge < -0.3 is 10.1 Å². The molecule has 6 nitrogen and oxygen atoms in total. The van der Waals surface area contributed by atoms with Crippen molar-refractivity contribution in [3.8, 4) is 5.75 Å². The number of nitrogens with zero attached hydrogens (tertiary/aromatic N) is 2.